The molecule has 0 bridgehead atoms. The lowest BCUT2D eigenvalue weighted by Crippen LogP contribution is -2.19. The van der Waals surface area contributed by atoms with Crippen LogP contribution in [0.2, 0.25) is 0 Å². The molecule has 4 aromatic rings. The Balaban J connectivity index is 1.34. The number of benzene rings is 1. The largest absolute Gasteiger partial charge is 0.323 e. The van der Waals surface area contributed by atoms with E-state index in [-0.39, 0.29) is 6.03 Å². The molecule has 2 N–H and O–H groups in total. The van der Waals surface area contributed by atoms with Crippen molar-refractivity contribution >= 4 is 17.4 Å². The molecule has 0 aliphatic heterocycles. The van der Waals surface area contributed by atoms with Crippen LogP contribution in [0.1, 0.15) is 5.56 Å². The third-order valence-corrected chi connectivity index (χ3v) is 3.82. The Bertz CT molecular complexity index is 1010. The van der Waals surface area contributed by atoms with Crippen molar-refractivity contribution in [3.8, 4) is 5.82 Å². The van der Waals surface area contributed by atoms with Crippen molar-refractivity contribution in [2.24, 2.45) is 0 Å². The van der Waals surface area contributed by atoms with Gasteiger partial charge in [-0.1, -0.05) is 30.3 Å². The van der Waals surface area contributed by atoms with Crippen LogP contribution >= 0.6 is 0 Å². The highest BCUT2D eigenvalue weighted by atomic mass is 16.2. The number of rotatable bonds is 5. The quantitative estimate of drug-likeness (QED) is 0.573. The number of carbonyl (C=O) groups excluding carboxylic acids is 1. The van der Waals surface area contributed by atoms with Crippen molar-refractivity contribution in [2.75, 3.05) is 10.6 Å². The number of hydrogen-bond acceptors (Lipinski definition) is 4. The molecule has 2 amide bonds. The van der Waals surface area contributed by atoms with Crippen molar-refractivity contribution in [1.82, 2.24) is 24.5 Å². The number of amides is 2. The molecule has 0 atom stereocenters. The van der Waals surface area contributed by atoms with Gasteiger partial charge in [-0.15, -0.1) is 0 Å². The Hall–Kier alpha value is -3.94. The zero-order chi connectivity index (χ0) is 18.5. The summed E-state index contributed by atoms with van der Waals surface area (Å²) in [6.45, 7) is 0.642. The molecule has 4 rings (SSSR count). The topological polar surface area (TPSA) is 89.7 Å². The van der Waals surface area contributed by atoms with Gasteiger partial charge in [0, 0.05) is 18.6 Å². The van der Waals surface area contributed by atoms with Crippen LogP contribution in [-0.4, -0.2) is 30.6 Å². The van der Waals surface area contributed by atoms with Gasteiger partial charge < -0.3 is 10.6 Å². The normalized spacial score (nSPS) is 10.5. The summed E-state index contributed by atoms with van der Waals surface area (Å²) in [5.41, 5.74) is 2.34. The van der Waals surface area contributed by atoms with Crippen molar-refractivity contribution in [2.45, 2.75) is 6.54 Å². The number of nitrogens with one attached hydrogen (secondary N) is 2. The molecule has 8 nitrogen and oxygen atoms in total. The molecule has 3 aromatic heterocycles. The van der Waals surface area contributed by atoms with Gasteiger partial charge in [0.2, 0.25) is 0 Å². The first-order valence-electron chi connectivity index (χ1n) is 8.37. The number of anilines is 2. The van der Waals surface area contributed by atoms with Gasteiger partial charge in [0.1, 0.15) is 0 Å². The first-order valence-corrected chi connectivity index (χ1v) is 8.37. The molecule has 3 heterocycles. The molecule has 0 saturated heterocycles. The lowest BCUT2D eigenvalue weighted by atomic mass is 10.2. The Morgan fingerprint density at radius 1 is 0.926 bits per heavy atom. The van der Waals surface area contributed by atoms with Crippen molar-refractivity contribution in [3.63, 3.8) is 0 Å². The molecular formula is C19H17N7O. The van der Waals surface area contributed by atoms with Crippen molar-refractivity contribution in [3.05, 3.63) is 85.1 Å². The molecule has 0 fully saturated rings. The zero-order valence-corrected chi connectivity index (χ0v) is 14.4. The number of nitrogens with zero attached hydrogens (tertiary/aromatic N) is 5. The molecule has 0 radical (unpaired) electrons. The predicted octanol–water partition coefficient (Wildman–Crippen LogP) is 3.16. The first-order chi connectivity index (χ1) is 13.3. The zero-order valence-electron chi connectivity index (χ0n) is 14.4. The third-order valence-electron chi connectivity index (χ3n) is 3.82. The fourth-order valence-electron chi connectivity index (χ4n) is 2.58. The molecule has 27 heavy (non-hydrogen) atoms. The maximum atomic E-state index is 12.2. The van der Waals surface area contributed by atoms with Crippen molar-refractivity contribution < 1.29 is 4.79 Å². The average Bonchev–Trinajstić information content (AvgIpc) is 3.36. The van der Waals surface area contributed by atoms with Crippen LogP contribution in [-0.2, 0) is 6.54 Å². The van der Waals surface area contributed by atoms with Crippen LogP contribution in [0.5, 0.6) is 0 Å². The lowest BCUT2D eigenvalue weighted by Gasteiger charge is -2.06. The fourth-order valence-corrected chi connectivity index (χ4v) is 2.58. The summed E-state index contributed by atoms with van der Waals surface area (Å²) in [5, 5.41) is 13.9. The van der Waals surface area contributed by atoms with Crippen LogP contribution in [0.3, 0.4) is 0 Å². The van der Waals surface area contributed by atoms with E-state index in [1.807, 2.05) is 36.4 Å². The van der Waals surface area contributed by atoms with E-state index in [0.717, 1.165) is 5.56 Å². The van der Waals surface area contributed by atoms with Crippen molar-refractivity contribution in [1.29, 1.82) is 0 Å². The number of urea groups is 1. The van der Waals surface area contributed by atoms with Gasteiger partial charge in [-0.05, 0) is 23.8 Å². The number of pyridine rings is 1. The van der Waals surface area contributed by atoms with E-state index in [1.54, 1.807) is 52.5 Å². The standard InChI is InChI=1S/C19H17N7O/c27-19(23-16-7-8-18(20-11-16)26-10-4-9-21-26)24-17-12-22-25(14-17)13-15-5-2-1-3-6-15/h1-12,14H,13H2,(H2,23,24,27). The number of hydrogen-bond donors (Lipinski definition) is 2. The summed E-state index contributed by atoms with van der Waals surface area (Å²) in [7, 11) is 0. The number of aromatic nitrogens is 5. The van der Waals surface area contributed by atoms with Crippen LogP contribution in [0, 0.1) is 0 Å². The second-order valence-corrected chi connectivity index (χ2v) is 5.85. The van der Waals surface area contributed by atoms with Gasteiger partial charge >= 0.3 is 6.03 Å². The molecule has 0 aliphatic carbocycles. The van der Waals surface area contributed by atoms with E-state index in [1.165, 1.54) is 0 Å². The Kier molecular flexibility index (Phi) is 4.60. The monoisotopic (exact) mass is 359 g/mol. The Morgan fingerprint density at radius 2 is 1.78 bits per heavy atom. The molecule has 0 aliphatic rings. The predicted molar refractivity (Wildman–Crippen MR) is 102 cm³/mol. The van der Waals surface area contributed by atoms with Crippen LogP contribution in [0.4, 0.5) is 16.2 Å². The summed E-state index contributed by atoms with van der Waals surface area (Å²) in [6, 6.07) is 15.0. The van der Waals surface area contributed by atoms with Gasteiger partial charge in [-0.25, -0.2) is 14.5 Å². The van der Waals surface area contributed by atoms with E-state index in [4.69, 9.17) is 0 Å². The molecule has 1 aromatic carbocycles. The second kappa shape index (κ2) is 7.52. The van der Waals surface area contributed by atoms with E-state index < -0.39 is 0 Å². The van der Waals surface area contributed by atoms with Gasteiger partial charge in [0.15, 0.2) is 5.82 Å². The first kappa shape index (κ1) is 16.5. The van der Waals surface area contributed by atoms with Gasteiger partial charge in [-0.3, -0.25) is 4.68 Å². The minimum Gasteiger partial charge on any atom is -0.306 e. The highest BCUT2D eigenvalue weighted by Crippen LogP contribution is 2.11. The Labute approximate surface area is 155 Å². The van der Waals surface area contributed by atoms with Gasteiger partial charge in [0.05, 0.1) is 30.3 Å². The molecular weight excluding hydrogens is 342 g/mol. The van der Waals surface area contributed by atoms with E-state index in [9.17, 15) is 4.79 Å². The summed E-state index contributed by atoms with van der Waals surface area (Å²) < 4.78 is 3.41. The lowest BCUT2D eigenvalue weighted by molar-refractivity contribution is 0.262. The van der Waals surface area contributed by atoms with Crippen LogP contribution in [0.25, 0.3) is 5.82 Å². The minimum absolute atomic E-state index is 0.358. The van der Waals surface area contributed by atoms with Gasteiger partial charge in [0.25, 0.3) is 0 Å². The van der Waals surface area contributed by atoms with Gasteiger partial charge in [-0.2, -0.15) is 10.2 Å². The maximum absolute atomic E-state index is 12.2. The maximum Gasteiger partial charge on any atom is 0.323 e. The smallest absolute Gasteiger partial charge is 0.306 e. The van der Waals surface area contributed by atoms with E-state index in [0.29, 0.717) is 23.7 Å². The molecule has 0 spiro atoms. The third kappa shape index (κ3) is 4.18. The van der Waals surface area contributed by atoms with Crippen LogP contribution < -0.4 is 10.6 Å². The summed E-state index contributed by atoms with van der Waals surface area (Å²) >= 11 is 0. The molecule has 8 heteroatoms. The Morgan fingerprint density at radius 3 is 2.52 bits per heavy atom. The summed E-state index contributed by atoms with van der Waals surface area (Å²) in [6.07, 6.45) is 8.46. The molecule has 0 saturated carbocycles. The molecule has 0 unspecified atom stereocenters. The minimum atomic E-state index is -0.358. The van der Waals surface area contributed by atoms with Crippen LogP contribution in [0.15, 0.2) is 79.5 Å². The SMILES string of the molecule is O=C(Nc1ccc(-n2cccn2)nc1)Nc1cnn(Cc2ccccc2)c1. The highest BCUT2D eigenvalue weighted by molar-refractivity contribution is 5.99. The van der Waals surface area contributed by atoms with E-state index >= 15 is 0 Å². The number of carbonyl (C=O) groups is 1. The molecule has 134 valence electrons. The van der Waals surface area contributed by atoms with E-state index in [2.05, 4.69) is 25.8 Å². The summed E-state index contributed by atoms with van der Waals surface area (Å²) in [4.78, 5) is 16.4. The summed E-state index contributed by atoms with van der Waals surface area (Å²) in [5.74, 6) is 0.674. The highest BCUT2D eigenvalue weighted by Gasteiger charge is 2.06. The second-order valence-electron chi connectivity index (χ2n) is 5.85. The fraction of sp³-hybridized carbons (Fsp3) is 0.0526. The average molecular weight is 359 g/mol.